The van der Waals surface area contributed by atoms with E-state index >= 15 is 0 Å². The summed E-state index contributed by atoms with van der Waals surface area (Å²) in [6.45, 7) is 0. The molecule has 0 aliphatic heterocycles. The molecule has 1 aromatic heterocycles. The van der Waals surface area contributed by atoms with Gasteiger partial charge in [0.15, 0.2) is 11.6 Å². The van der Waals surface area contributed by atoms with E-state index in [2.05, 4.69) is 0 Å². The Labute approximate surface area is 149 Å². The standard InChI is InChI=1S/C21H15FN2O2/c22-17-10-4-5-12-19(17)26-20-13-16-15(21(23)25)9-6-11-18(16)24(20)14-7-2-1-3-8-14/h1-13H,(H2,23,25). The van der Waals surface area contributed by atoms with Gasteiger partial charge >= 0.3 is 0 Å². The Bertz CT molecular complexity index is 1100. The van der Waals surface area contributed by atoms with E-state index in [0.717, 1.165) is 11.2 Å². The molecule has 0 bridgehead atoms. The number of nitrogens with two attached hydrogens (primary N) is 1. The quantitative estimate of drug-likeness (QED) is 0.584. The third kappa shape index (κ3) is 2.69. The van der Waals surface area contributed by atoms with Gasteiger partial charge in [-0.15, -0.1) is 0 Å². The average Bonchev–Trinajstić information content (AvgIpc) is 3.02. The molecule has 26 heavy (non-hydrogen) atoms. The van der Waals surface area contributed by atoms with E-state index in [1.165, 1.54) is 6.07 Å². The molecular weight excluding hydrogens is 331 g/mol. The molecule has 0 unspecified atom stereocenters. The van der Waals surface area contributed by atoms with Gasteiger partial charge in [0.25, 0.3) is 0 Å². The number of primary amides is 1. The van der Waals surface area contributed by atoms with E-state index in [-0.39, 0.29) is 5.75 Å². The molecule has 3 aromatic carbocycles. The second-order valence-electron chi connectivity index (χ2n) is 5.79. The van der Waals surface area contributed by atoms with E-state index in [9.17, 15) is 9.18 Å². The molecule has 0 saturated carbocycles. The van der Waals surface area contributed by atoms with Gasteiger partial charge in [-0.2, -0.15) is 0 Å². The highest BCUT2D eigenvalue weighted by Gasteiger charge is 2.17. The topological polar surface area (TPSA) is 57.3 Å². The molecule has 4 nitrogen and oxygen atoms in total. The average molecular weight is 346 g/mol. The molecule has 2 N–H and O–H groups in total. The second-order valence-corrected chi connectivity index (χ2v) is 5.79. The lowest BCUT2D eigenvalue weighted by Gasteiger charge is -2.12. The fraction of sp³-hybridized carbons (Fsp3) is 0. The molecular formula is C21H15FN2O2. The molecule has 0 radical (unpaired) electrons. The first-order valence-electron chi connectivity index (χ1n) is 8.07. The minimum absolute atomic E-state index is 0.105. The van der Waals surface area contributed by atoms with Gasteiger partial charge in [-0.05, 0) is 36.4 Å². The number of rotatable bonds is 4. The van der Waals surface area contributed by atoms with Crippen molar-refractivity contribution >= 4 is 16.8 Å². The third-order valence-corrected chi connectivity index (χ3v) is 4.14. The van der Waals surface area contributed by atoms with Gasteiger partial charge in [-0.1, -0.05) is 36.4 Å². The summed E-state index contributed by atoms with van der Waals surface area (Å²) in [5.74, 6) is -0.496. The molecule has 5 heteroatoms. The van der Waals surface area contributed by atoms with Gasteiger partial charge in [0.1, 0.15) is 0 Å². The number of carbonyl (C=O) groups is 1. The van der Waals surface area contributed by atoms with Crippen molar-refractivity contribution in [2.24, 2.45) is 5.73 Å². The summed E-state index contributed by atoms with van der Waals surface area (Å²) in [4.78, 5) is 11.8. The SMILES string of the molecule is NC(=O)c1cccc2c1cc(Oc1ccccc1F)n2-c1ccccc1. The highest BCUT2D eigenvalue weighted by Crippen LogP contribution is 2.34. The summed E-state index contributed by atoms with van der Waals surface area (Å²) >= 11 is 0. The maximum absolute atomic E-state index is 14.1. The van der Waals surface area contributed by atoms with Gasteiger partial charge in [0.05, 0.1) is 5.52 Å². The second kappa shape index (κ2) is 6.37. The number of fused-ring (bicyclic) bond motifs is 1. The molecule has 1 heterocycles. The number of nitrogens with zero attached hydrogens (tertiary/aromatic N) is 1. The molecule has 0 aliphatic rings. The fourth-order valence-corrected chi connectivity index (χ4v) is 2.98. The van der Waals surface area contributed by atoms with E-state index < -0.39 is 11.7 Å². The monoisotopic (exact) mass is 346 g/mol. The number of carbonyl (C=O) groups excluding carboxylic acids is 1. The zero-order chi connectivity index (χ0) is 18.1. The van der Waals surface area contributed by atoms with Crippen LogP contribution in [0.4, 0.5) is 4.39 Å². The molecule has 0 spiro atoms. The Morgan fingerprint density at radius 1 is 0.923 bits per heavy atom. The van der Waals surface area contributed by atoms with E-state index in [1.807, 2.05) is 41.0 Å². The number of hydrogen-bond acceptors (Lipinski definition) is 2. The summed E-state index contributed by atoms with van der Waals surface area (Å²) in [5.41, 5.74) is 7.47. The summed E-state index contributed by atoms with van der Waals surface area (Å²) in [6.07, 6.45) is 0. The fourth-order valence-electron chi connectivity index (χ4n) is 2.98. The summed E-state index contributed by atoms with van der Waals surface area (Å²) in [5, 5.41) is 0.648. The zero-order valence-electron chi connectivity index (χ0n) is 13.7. The van der Waals surface area contributed by atoms with Crippen LogP contribution in [0.1, 0.15) is 10.4 Å². The Balaban J connectivity index is 1.98. The lowest BCUT2D eigenvalue weighted by atomic mass is 10.1. The van der Waals surface area contributed by atoms with Gasteiger partial charge < -0.3 is 10.5 Å². The van der Waals surface area contributed by atoms with Crippen LogP contribution in [0.3, 0.4) is 0 Å². The van der Waals surface area contributed by atoms with Crippen LogP contribution in [0.25, 0.3) is 16.6 Å². The van der Waals surface area contributed by atoms with Crippen molar-refractivity contribution in [2.75, 3.05) is 0 Å². The number of para-hydroxylation sites is 2. The first-order valence-corrected chi connectivity index (χ1v) is 8.07. The van der Waals surface area contributed by atoms with Crippen LogP contribution in [0.5, 0.6) is 11.6 Å². The number of hydrogen-bond donors (Lipinski definition) is 1. The van der Waals surface area contributed by atoms with Crippen LogP contribution in [0.2, 0.25) is 0 Å². The lowest BCUT2D eigenvalue weighted by Crippen LogP contribution is -2.11. The summed E-state index contributed by atoms with van der Waals surface area (Å²) in [6, 6.07) is 22.7. The minimum Gasteiger partial charge on any atom is -0.437 e. The van der Waals surface area contributed by atoms with Crippen LogP contribution >= 0.6 is 0 Å². The first kappa shape index (κ1) is 15.9. The number of benzene rings is 3. The number of aromatic nitrogens is 1. The van der Waals surface area contributed by atoms with Gasteiger partial charge in [0.2, 0.25) is 11.8 Å². The minimum atomic E-state index is -0.529. The Morgan fingerprint density at radius 3 is 2.38 bits per heavy atom. The highest BCUT2D eigenvalue weighted by molar-refractivity contribution is 6.06. The van der Waals surface area contributed by atoms with Crippen molar-refractivity contribution in [1.82, 2.24) is 4.57 Å². The van der Waals surface area contributed by atoms with Gasteiger partial charge in [-0.25, -0.2) is 4.39 Å². The molecule has 0 fully saturated rings. The predicted molar refractivity (Wildman–Crippen MR) is 98.3 cm³/mol. The maximum atomic E-state index is 14.1. The van der Waals surface area contributed by atoms with Crippen molar-refractivity contribution in [3.63, 3.8) is 0 Å². The van der Waals surface area contributed by atoms with Crippen molar-refractivity contribution < 1.29 is 13.9 Å². The normalized spacial score (nSPS) is 10.8. The zero-order valence-corrected chi connectivity index (χ0v) is 13.7. The third-order valence-electron chi connectivity index (χ3n) is 4.14. The van der Waals surface area contributed by atoms with Gasteiger partial charge in [0, 0.05) is 22.7 Å². The predicted octanol–water partition coefficient (Wildman–Crippen LogP) is 4.66. The van der Waals surface area contributed by atoms with Crippen LogP contribution < -0.4 is 10.5 Å². The molecule has 4 rings (SSSR count). The summed E-state index contributed by atoms with van der Waals surface area (Å²) in [7, 11) is 0. The smallest absolute Gasteiger partial charge is 0.249 e. The van der Waals surface area contributed by atoms with Crippen molar-refractivity contribution in [3.05, 3.63) is 90.2 Å². The molecule has 4 aromatic rings. The largest absolute Gasteiger partial charge is 0.437 e. The number of amides is 1. The summed E-state index contributed by atoms with van der Waals surface area (Å²) < 4.78 is 21.7. The molecule has 0 aliphatic carbocycles. The molecule has 128 valence electrons. The van der Waals surface area contributed by atoms with Crippen LogP contribution in [-0.4, -0.2) is 10.5 Å². The van der Waals surface area contributed by atoms with Crippen LogP contribution in [-0.2, 0) is 0 Å². The maximum Gasteiger partial charge on any atom is 0.249 e. The van der Waals surface area contributed by atoms with Crippen LogP contribution in [0, 0.1) is 5.82 Å². The van der Waals surface area contributed by atoms with Crippen LogP contribution in [0.15, 0.2) is 78.9 Å². The van der Waals surface area contributed by atoms with Crippen molar-refractivity contribution in [2.45, 2.75) is 0 Å². The molecule has 1 amide bonds. The van der Waals surface area contributed by atoms with E-state index in [1.54, 1.807) is 36.4 Å². The molecule has 0 atom stereocenters. The number of ether oxygens (including phenoxy) is 1. The van der Waals surface area contributed by atoms with E-state index in [4.69, 9.17) is 10.5 Å². The Kier molecular flexibility index (Phi) is 3.89. The lowest BCUT2D eigenvalue weighted by molar-refractivity contribution is 0.100. The highest BCUT2D eigenvalue weighted by atomic mass is 19.1. The Hall–Kier alpha value is -3.60. The van der Waals surface area contributed by atoms with Crippen molar-refractivity contribution in [1.29, 1.82) is 0 Å². The van der Waals surface area contributed by atoms with E-state index in [0.29, 0.717) is 16.8 Å². The molecule has 0 saturated heterocycles. The first-order chi connectivity index (χ1) is 12.6. The Morgan fingerprint density at radius 2 is 1.65 bits per heavy atom. The number of halogens is 1. The van der Waals surface area contributed by atoms with Crippen molar-refractivity contribution in [3.8, 4) is 17.3 Å². The van der Waals surface area contributed by atoms with Gasteiger partial charge in [-0.3, -0.25) is 9.36 Å².